The number of anilines is 1. The van der Waals surface area contributed by atoms with Crippen LogP contribution in [-0.4, -0.2) is 44.7 Å². The molecule has 2 aromatic carbocycles. The second kappa shape index (κ2) is 10.3. The summed E-state index contributed by atoms with van der Waals surface area (Å²) < 4.78 is 15.1. The van der Waals surface area contributed by atoms with Gasteiger partial charge in [0.1, 0.15) is 17.9 Å². The van der Waals surface area contributed by atoms with E-state index in [2.05, 4.69) is 0 Å². The second-order valence-corrected chi connectivity index (χ2v) is 5.98. The maximum atomic E-state index is 12.6. The van der Waals surface area contributed by atoms with Crippen molar-refractivity contribution < 1.29 is 28.6 Å². The molecule has 148 valence electrons. The molecular formula is C20H20ClNO6. The number of nitrogens with zero attached hydrogens (tertiary/aromatic N) is 1. The predicted octanol–water partition coefficient (Wildman–Crippen LogP) is 3.10. The number of halogens is 1. The van der Waals surface area contributed by atoms with Gasteiger partial charge in [0.2, 0.25) is 0 Å². The zero-order valence-electron chi connectivity index (χ0n) is 15.5. The standard InChI is InChI=1S/C20H20ClNO6/c1-3-27-19(24)12-22(15-7-5-4-6-8-15)18(23)13-28-20(25)16-11-14(21)9-10-17(16)26-2/h4-11H,3,12-13H2,1-2H3. The lowest BCUT2D eigenvalue weighted by atomic mass is 10.2. The van der Waals surface area contributed by atoms with E-state index in [0.29, 0.717) is 10.7 Å². The largest absolute Gasteiger partial charge is 0.496 e. The van der Waals surface area contributed by atoms with Crippen LogP contribution < -0.4 is 9.64 Å². The molecule has 1 amide bonds. The number of hydrogen-bond acceptors (Lipinski definition) is 6. The fourth-order valence-electron chi connectivity index (χ4n) is 2.39. The topological polar surface area (TPSA) is 82.1 Å². The summed E-state index contributed by atoms with van der Waals surface area (Å²) in [5.41, 5.74) is 0.580. The third-order valence-corrected chi connectivity index (χ3v) is 3.90. The smallest absolute Gasteiger partial charge is 0.342 e. The number of ether oxygens (including phenoxy) is 3. The minimum absolute atomic E-state index is 0.0967. The first kappa shape index (κ1) is 21.2. The summed E-state index contributed by atoms with van der Waals surface area (Å²) in [4.78, 5) is 38.0. The van der Waals surface area contributed by atoms with Gasteiger partial charge in [-0.25, -0.2) is 4.79 Å². The van der Waals surface area contributed by atoms with Gasteiger partial charge in [-0.3, -0.25) is 14.5 Å². The van der Waals surface area contributed by atoms with Crippen molar-refractivity contribution in [1.29, 1.82) is 0 Å². The lowest BCUT2D eigenvalue weighted by Crippen LogP contribution is -2.39. The van der Waals surface area contributed by atoms with Crippen LogP contribution in [0.4, 0.5) is 5.69 Å². The summed E-state index contributed by atoms with van der Waals surface area (Å²) in [7, 11) is 1.40. The number of amides is 1. The lowest BCUT2D eigenvalue weighted by molar-refractivity contribution is -0.142. The van der Waals surface area contributed by atoms with Crippen molar-refractivity contribution in [2.75, 3.05) is 31.8 Å². The third-order valence-electron chi connectivity index (χ3n) is 3.67. The molecule has 2 aromatic rings. The number of carbonyl (C=O) groups is 3. The molecule has 0 fully saturated rings. The van der Waals surface area contributed by atoms with E-state index in [1.807, 2.05) is 0 Å². The second-order valence-electron chi connectivity index (χ2n) is 5.54. The number of benzene rings is 2. The van der Waals surface area contributed by atoms with Crippen molar-refractivity contribution in [3.05, 3.63) is 59.1 Å². The number of methoxy groups -OCH3 is 1. The Kier molecular flexibility index (Phi) is 7.83. The SMILES string of the molecule is CCOC(=O)CN(C(=O)COC(=O)c1cc(Cl)ccc1OC)c1ccccc1. The Balaban J connectivity index is 2.12. The molecule has 8 heteroatoms. The lowest BCUT2D eigenvalue weighted by Gasteiger charge is -2.21. The van der Waals surface area contributed by atoms with E-state index in [4.69, 9.17) is 25.8 Å². The van der Waals surface area contributed by atoms with E-state index in [1.165, 1.54) is 24.1 Å². The molecule has 2 rings (SSSR count). The van der Waals surface area contributed by atoms with Crippen molar-refractivity contribution >= 4 is 35.1 Å². The van der Waals surface area contributed by atoms with Gasteiger partial charge >= 0.3 is 11.9 Å². The summed E-state index contributed by atoms with van der Waals surface area (Å²) in [5.74, 6) is -1.64. The van der Waals surface area contributed by atoms with Crippen molar-refractivity contribution in [1.82, 2.24) is 0 Å². The summed E-state index contributed by atoms with van der Waals surface area (Å²) >= 11 is 5.91. The van der Waals surface area contributed by atoms with Gasteiger partial charge < -0.3 is 14.2 Å². The molecule has 0 heterocycles. The molecule has 0 aliphatic carbocycles. The normalized spacial score (nSPS) is 10.1. The minimum atomic E-state index is -0.767. The van der Waals surface area contributed by atoms with E-state index < -0.39 is 24.5 Å². The Bertz CT molecular complexity index is 840. The molecule has 0 spiro atoms. The molecule has 28 heavy (non-hydrogen) atoms. The molecule has 0 bridgehead atoms. The number of rotatable bonds is 8. The molecular weight excluding hydrogens is 386 g/mol. The van der Waals surface area contributed by atoms with Crippen LogP contribution in [0.25, 0.3) is 0 Å². The molecule has 0 atom stereocenters. The van der Waals surface area contributed by atoms with Gasteiger partial charge in [0.15, 0.2) is 6.61 Å². The van der Waals surface area contributed by atoms with Gasteiger partial charge in [0.25, 0.3) is 5.91 Å². The summed E-state index contributed by atoms with van der Waals surface area (Å²) in [6.45, 7) is 1.00. The highest BCUT2D eigenvalue weighted by Gasteiger charge is 2.22. The van der Waals surface area contributed by atoms with Gasteiger partial charge in [0, 0.05) is 10.7 Å². The maximum absolute atomic E-state index is 12.6. The van der Waals surface area contributed by atoms with Gasteiger partial charge in [-0.15, -0.1) is 0 Å². The highest BCUT2D eigenvalue weighted by molar-refractivity contribution is 6.31. The monoisotopic (exact) mass is 405 g/mol. The third kappa shape index (κ3) is 5.72. The quantitative estimate of drug-likeness (QED) is 0.627. The highest BCUT2D eigenvalue weighted by atomic mass is 35.5. The van der Waals surface area contributed by atoms with E-state index in [1.54, 1.807) is 43.3 Å². The molecule has 0 aliphatic rings. The molecule has 0 saturated carbocycles. The molecule has 0 saturated heterocycles. The van der Waals surface area contributed by atoms with Crippen LogP contribution in [0.15, 0.2) is 48.5 Å². The Morgan fingerprint density at radius 1 is 1.04 bits per heavy atom. The molecule has 0 aromatic heterocycles. The Hall–Kier alpha value is -3.06. The Morgan fingerprint density at radius 2 is 1.75 bits per heavy atom. The van der Waals surface area contributed by atoms with Crippen LogP contribution in [0.5, 0.6) is 5.75 Å². The first-order valence-corrected chi connectivity index (χ1v) is 8.85. The van der Waals surface area contributed by atoms with E-state index >= 15 is 0 Å². The van der Waals surface area contributed by atoms with Crippen LogP contribution in [-0.2, 0) is 19.1 Å². The Labute approximate surface area is 167 Å². The number of hydrogen-bond donors (Lipinski definition) is 0. The van der Waals surface area contributed by atoms with Crippen molar-refractivity contribution in [2.24, 2.45) is 0 Å². The fraction of sp³-hybridized carbons (Fsp3) is 0.250. The molecule has 0 N–H and O–H groups in total. The number of esters is 2. The van der Waals surface area contributed by atoms with Crippen molar-refractivity contribution in [3.8, 4) is 5.75 Å². The van der Waals surface area contributed by atoms with Crippen molar-refractivity contribution in [2.45, 2.75) is 6.92 Å². The first-order valence-electron chi connectivity index (χ1n) is 8.48. The average molecular weight is 406 g/mol. The number of carbonyl (C=O) groups excluding carboxylic acids is 3. The van der Waals surface area contributed by atoms with Crippen LogP contribution in [0.3, 0.4) is 0 Å². The first-order chi connectivity index (χ1) is 13.5. The zero-order chi connectivity index (χ0) is 20.5. The molecule has 0 unspecified atom stereocenters. The van der Waals surface area contributed by atoms with E-state index in [-0.39, 0.29) is 24.5 Å². The van der Waals surface area contributed by atoms with Crippen LogP contribution in [0.1, 0.15) is 17.3 Å². The minimum Gasteiger partial charge on any atom is -0.496 e. The summed E-state index contributed by atoms with van der Waals surface area (Å²) in [6.07, 6.45) is 0. The highest BCUT2D eigenvalue weighted by Crippen LogP contribution is 2.23. The van der Waals surface area contributed by atoms with Gasteiger partial charge in [-0.2, -0.15) is 0 Å². The predicted molar refractivity (Wildman–Crippen MR) is 104 cm³/mol. The fourth-order valence-corrected chi connectivity index (χ4v) is 2.56. The van der Waals surface area contributed by atoms with Crippen LogP contribution >= 0.6 is 11.6 Å². The summed E-state index contributed by atoms with van der Waals surface area (Å²) in [5, 5.41) is 0.326. The molecule has 0 radical (unpaired) electrons. The van der Waals surface area contributed by atoms with Crippen molar-refractivity contribution in [3.63, 3.8) is 0 Å². The maximum Gasteiger partial charge on any atom is 0.342 e. The Morgan fingerprint density at radius 3 is 2.39 bits per heavy atom. The molecule has 7 nitrogen and oxygen atoms in total. The summed E-state index contributed by atoms with van der Waals surface area (Å²) in [6, 6.07) is 13.0. The van der Waals surface area contributed by atoms with Crippen LogP contribution in [0, 0.1) is 0 Å². The zero-order valence-corrected chi connectivity index (χ0v) is 16.3. The number of para-hydroxylation sites is 1. The van der Waals surface area contributed by atoms with Gasteiger partial charge in [0.05, 0.1) is 13.7 Å². The van der Waals surface area contributed by atoms with Gasteiger partial charge in [-0.05, 0) is 37.3 Å². The van der Waals surface area contributed by atoms with E-state index in [9.17, 15) is 14.4 Å². The average Bonchev–Trinajstić information content (AvgIpc) is 2.70. The van der Waals surface area contributed by atoms with E-state index in [0.717, 1.165) is 0 Å². The van der Waals surface area contributed by atoms with Crippen LogP contribution in [0.2, 0.25) is 5.02 Å². The van der Waals surface area contributed by atoms with Gasteiger partial charge in [-0.1, -0.05) is 29.8 Å². The molecule has 0 aliphatic heterocycles.